The second-order valence-corrected chi connectivity index (χ2v) is 12.4. The first-order chi connectivity index (χ1) is 21.4. The number of para-hydroxylation sites is 2. The Balaban J connectivity index is 1.85. The molecule has 0 fully saturated rings. The normalized spacial score (nSPS) is 12.0. The number of halogens is 4. The van der Waals surface area contributed by atoms with Gasteiger partial charge in [0.1, 0.15) is 11.6 Å². The second kappa shape index (κ2) is 11.6. The smallest absolute Gasteiger partial charge is 0.125 e. The van der Waals surface area contributed by atoms with E-state index >= 15 is 8.78 Å². The largest absolute Gasteiger partial charge is 0.340 e. The molecule has 7 rings (SSSR count). The van der Waals surface area contributed by atoms with Gasteiger partial charge in [-0.1, -0.05) is 86.3 Å². The maximum Gasteiger partial charge on any atom is 0.125 e. The average Bonchev–Trinajstić information content (AvgIpc) is 3.49. The number of benzene rings is 5. The van der Waals surface area contributed by atoms with Crippen LogP contribution in [0.25, 0.3) is 65.9 Å². The van der Waals surface area contributed by atoms with Gasteiger partial charge >= 0.3 is 0 Å². The fraction of sp³-hybridized carbons (Fsp3) is 0.211. The zero-order chi connectivity index (χ0) is 30.5. The van der Waals surface area contributed by atoms with Crippen molar-refractivity contribution in [2.75, 3.05) is 0 Å². The number of fused-ring (bicyclic) bond motifs is 6. The van der Waals surface area contributed by atoms with Gasteiger partial charge in [0, 0.05) is 66.8 Å². The Bertz CT molecular complexity index is 2010. The minimum absolute atomic E-state index is 0.341. The van der Waals surface area contributed by atoms with Gasteiger partial charge in [0.05, 0.1) is 11.0 Å². The van der Waals surface area contributed by atoms with Crippen LogP contribution in [0.4, 0.5) is 8.78 Å². The van der Waals surface area contributed by atoms with E-state index in [2.05, 4.69) is 59.4 Å². The first-order valence-electron chi connectivity index (χ1n) is 15.3. The second-order valence-electron chi connectivity index (χ2n) is 11.6. The topological polar surface area (TPSA) is 9.86 Å². The number of aromatic nitrogens is 2. The van der Waals surface area contributed by atoms with Gasteiger partial charge in [0.2, 0.25) is 0 Å². The van der Waals surface area contributed by atoms with Crippen LogP contribution in [0.3, 0.4) is 0 Å². The molecule has 0 saturated carbocycles. The van der Waals surface area contributed by atoms with Gasteiger partial charge < -0.3 is 9.13 Å². The van der Waals surface area contributed by atoms with Crippen LogP contribution in [0.5, 0.6) is 0 Å². The standard InChI is InChI=1S/C38H32Cl2F2N2/c1-3-5-15-43-31-13-9-7-11-29(31)35-34(24-18-26(40)22-28(42)20-24)38-36(30-12-8-10-14-32(30)44(38)16-6-4-2)33(37(35)43)23-17-25(39)21-27(41)19-23/h7-14,17-22H,3-6,15-16H2,1-2H3. The molecule has 0 bridgehead atoms. The molecule has 0 saturated heterocycles. The van der Waals surface area contributed by atoms with Gasteiger partial charge in [-0.2, -0.15) is 0 Å². The highest BCUT2D eigenvalue weighted by atomic mass is 35.5. The first kappa shape index (κ1) is 28.9. The van der Waals surface area contributed by atoms with Crippen molar-refractivity contribution in [3.8, 4) is 22.3 Å². The zero-order valence-corrected chi connectivity index (χ0v) is 26.2. The third kappa shape index (κ3) is 4.67. The van der Waals surface area contributed by atoms with E-state index < -0.39 is 0 Å². The van der Waals surface area contributed by atoms with E-state index in [4.69, 9.17) is 23.2 Å². The van der Waals surface area contributed by atoms with E-state index in [9.17, 15) is 0 Å². The predicted molar refractivity (Wildman–Crippen MR) is 183 cm³/mol. The Morgan fingerprint density at radius 2 is 0.977 bits per heavy atom. The van der Waals surface area contributed by atoms with Crippen LogP contribution >= 0.6 is 23.2 Å². The molecule has 6 heteroatoms. The highest BCUT2D eigenvalue weighted by Crippen LogP contribution is 2.51. The summed E-state index contributed by atoms with van der Waals surface area (Å²) >= 11 is 13.1. The van der Waals surface area contributed by atoms with Crippen molar-refractivity contribution in [2.24, 2.45) is 0 Å². The third-order valence-corrected chi connectivity index (χ3v) is 9.12. The number of unbranched alkanes of at least 4 members (excludes halogenated alkanes) is 2. The number of hydrogen-bond acceptors (Lipinski definition) is 0. The molecule has 2 heterocycles. The maximum atomic E-state index is 15.2. The summed E-state index contributed by atoms with van der Waals surface area (Å²) in [5, 5.41) is 4.81. The Kier molecular flexibility index (Phi) is 7.60. The molecule has 5 aromatic carbocycles. The molecule has 44 heavy (non-hydrogen) atoms. The molecule has 0 atom stereocenters. The molecular weight excluding hydrogens is 593 g/mol. The van der Waals surface area contributed by atoms with Crippen LogP contribution in [-0.2, 0) is 13.1 Å². The SMILES string of the molecule is CCCCn1c2ccccc2c2c(-c3cc(F)cc(Cl)c3)c3c(c(-c4cc(F)cc(Cl)c4)c21)c1ccccc1n3CCCC. The molecule has 2 nitrogen and oxygen atoms in total. The summed E-state index contributed by atoms with van der Waals surface area (Å²) in [5.41, 5.74) is 7.44. The molecule has 7 aromatic rings. The summed E-state index contributed by atoms with van der Waals surface area (Å²) in [6, 6.07) is 26.3. The Morgan fingerprint density at radius 1 is 0.568 bits per heavy atom. The van der Waals surface area contributed by atoms with E-state index in [0.29, 0.717) is 21.2 Å². The van der Waals surface area contributed by atoms with Crippen molar-refractivity contribution in [1.82, 2.24) is 9.13 Å². The lowest BCUT2D eigenvalue weighted by Crippen LogP contribution is -2.02. The van der Waals surface area contributed by atoms with Gasteiger partial charge in [-0.3, -0.25) is 0 Å². The Hall–Kier alpha value is -3.86. The van der Waals surface area contributed by atoms with Gasteiger partial charge in [-0.05, 0) is 72.5 Å². The van der Waals surface area contributed by atoms with Gasteiger partial charge in [-0.25, -0.2) is 8.78 Å². The first-order valence-corrected chi connectivity index (χ1v) is 16.1. The Labute approximate surface area is 265 Å². The maximum absolute atomic E-state index is 15.2. The third-order valence-electron chi connectivity index (χ3n) is 8.69. The van der Waals surface area contributed by atoms with Crippen LogP contribution in [0.1, 0.15) is 39.5 Å². The zero-order valence-electron chi connectivity index (χ0n) is 24.7. The molecule has 0 N–H and O–H groups in total. The monoisotopic (exact) mass is 624 g/mol. The molecule has 0 aliphatic carbocycles. The fourth-order valence-electron chi connectivity index (χ4n) is 6.93. The van der Waals surface area contributed by atoms with Crippen molar-refractivity contribution in [3.05, 3.63) is 107 Å². The fourth-order valence-corrected chi connectivity index (χ4v) is 7.37. The van der Waals surface area contributed by atoms with Crippen molar-refractivity contribution >= 4 is 66.8 Å². The van der Waals surface area contributed by atoms with E-state index in [-0.39, 0.29) is 11.6 Å². The number of hydrogen-bond donors (Lipinski definition) is 0. The highest BCUT2D eigenvalue weighted by molar-refractivity contribution is 6.34. The summed E-state index contributed by atoms with van der Waals surface area (Å²) in [6.45, 7) is 5.92. The Morgan fingerprint density at radius 3 is 1.36 bits per heavy atom. The van der Waals surface area contributed by atoms with E-state index in [1.54, 1.807) is 12.1 Å². The molecule has 0 spiro atoms. The molecule has 0 amide bonds. The lowest BCUT2D eigenvalue weighted by Gasteiger charge is -2.18. The molecule has 222 valence electrons. The lowest BCUT2D eigenvalue weighted by molar-refractivity contribution is 0.628. The van der Waals surface area contributed by atoms with Crippen molar-refractivity contribution in [1.29, 1.82) is 0 Å². The summed E-state index contributed by atoms with van der Waals surface area (Å²) in [4.78, 5) is 0. The summed E-state index contributed by atoms with van der Waals surface area (Å²) in [6.07, 6.45) is 3.96. The summed E-state index contributed by atoms with van der Waals surface area (Å²) in [5.74, 6) is -0.776. The van der Waals surface area contributed by atoms with E-state index in [1.807, 2.05) is 24.3 Å². The molecule has 2 aromatic heterocycles. The van der Waals surface area contributed by atoms with Crippen LogP contribution in [0.15, 0.2) is 84.9 Å². The molecular formula is C38H32Cl2F2N2. The minimum atomic E-state index is -0.388. The van der Waals surface area contributed by atoms with Crippen LogP contribution in [0.2, 0.25) is 10.0 Å². The van der Waals surface area contributed by atoms with Crippen LogP contribution < -0.4 is 0 Å². The van der Waals surface area contributed by atoms with Crippen molar-refractivity contribution in [3.63, 3.8) is 0 Å². The van der Waals surface area contributed by atoms with Crippen LogP contribution in [-0.4, -0.2) is 9.13 Å². The van der Waals surface area contributed by atoms with Gasteiger partial charge in [0.15, 0.2) is 0 Å². The highest BCUT2D eigenvalue weighted by Gasteiger charge is 2.28. The van der Waals surface area contributed by atoms with E-state index in [1.165, 1.54) is 12.1 Å². The number of aryl methyl sites for hydroxylation is 2. The van der Waals surface area contributed by atoms with Crippen molar-refractivity contribution in [2.45, 2.75) is 52.6 Å². The lowest BCUT2D eigenvalue weighted by atomic mass is 9.89. The quantitative estimate of drug-likeness (QED) is 0.159. The average molecular weight is 626 g/mol. The van der Waals surface area contributed by atoms with Crippen molar-refractivity contribution < 1.29 is 8.78 Å². The summed E-state index contributed by atoms with van der Waals surface area (Å²) in [7, 11) is 0. The van der Waals surface area contributed by atoms with Gasteiger partial charge in [0.25, 0.3) is 0 Å². The molecule has 0 aliphatic rings. The van der Waals surface area contributed by atoms with Crippen LogP contribution in [0, 0.1) is 11.6 Å². The summed E-state index contributed by atoms with van der Waals surface area (Å²) < 4.78 is 35.1. The van der Waals surface area contributed by atoms with E-state index in [0.717, 1.165) is 93.5 Å². The number of nitrogens with zero attached hydrogens (tertiary/aromatic N) is 2. The minimum Gasteiger partial charge on any atom is -0.340 e. The molecule has 0 unspecified atom stereocenters. The predicted octanol–water partition coefficient (Wildman–Crippen LogP) is 12.4. The van der Waals surface area contributed by atoms with Gasteiger partial charge in [-0.15, -0.1) is 0 Å². The molecule has 0 radical (unpaired) electrons. The molecule has 0 aliphatic heterocycles. The number of rotatable bonds is 8.